The molecule has 12 heavy (non-hydrogen) atoms. The van der Waals surface area contributed by atoms with Crippen LogP contribution in [-0.2, 0) is 0 Å². The average Bonchev–Trinajstić information content (AvgIpc) is 2.08. The van der Waals surface area contributed by atoms with Crippen LogP contribution in [-0.4, -0.2) is 7.05 Å². The van der Waals surface area contributed by atoms with Crippen molar-refractivity contribution in [3.8, 4) is 0 Å². The fourth-order valence-corrected chi connectivity index (χ4v) is 1.28. The van der Waals surface area contributed by atoms with E-state index in [1.54, 1.807) is 19.2 Å². The van der Waals surface area contributed by atoms with E-state index in [2.05, 4.69) is 5.32 Å². The van der Waals surface area contributed by atoms with Gasteiger partial charge >= 0.3 is 0 Å². The summed E-state index contributed by atoms with van der Waals surface area (Å²) in [5, 5.41) is 3.96. The predicted octanol–water partition coefficient (Wildman–Crippen LogP) is 3.45. The molecule has 1 aromatic carbocycles. The van der Waals surface area contributed by atoms with E-state index in [0.29, 0.717) is 10.0 Å². The van der Waals surface area contributed by atoms with Crippen molar-refractivity contribution in [2.45, 2.75) is 5.50 Å². The molecule has 1 atom stereocenters. The van der Waals surface area contributed by atoms with Crippen LogP contribution in [0.4, 0.5) is 0 Å². The molecule has 66 valence electrons. The highest BCUT2D eigenvalue weighted by molar-refractivity contribution is 6.42. The van der Waals surface area contributed by atoms with Gasteiger partial charge in [0.1, 0.15) is 5.50 Å². The van der Waals surface area contributed by atoms with Crippen LogP contribution in [0.5, 0.6) is 0 Å². The Morgan fingerprint density at radius 1 is 1.25 bits per heavy atom. The molecule has 0 heterocycles. The standard InChI is InChI=1S/C8H8Cl3N/c1-12-8(11)5-2-3-6(9)7(10)4-5/h2-4,8,12H,1H3. The normalized spacial score (nSPS) is 13.0. The molecule has 0 aliphatic rings. The third kappa shape index (κ3) is 2.27. The number of halogens is 3. The van der Waals surface area contributed by atoms with Gasteiger partial charge in [-0.1, -0.05) is 29.3 Å². The quantitative estimate of drug-likeness (QED) is 0.599. The molecule has 0 bridgehead atoms. The van der Waals surface area contributed by atoms with Crippen molar-refractivity contribution >= 4 is 34.8 Å². The minimum absolute atomic E-state index is 0.222. The first kappa shape index (κ1) is 10.1. The zero-order valence-electron chi connectivity index (χ0n) is 6.44. The molecule has 0 radical (unpaired) electrons. The Hall–Kier alpha value is 0.0500. The molecule has 0 aliphatic heterocycles. The Morgan fingerprint density at radius 2 is 1.92 bits per heavy atom. The Balaban J connectivity index is 2.96. The first-order valence-electron chi connectivity index (χ1n) is 3.41. The minimum Gasteiger partial charge on any atom is -0.301 e. The summed E-state index contributed by atoms with van der Waals surface area (Å²) in [6.45, 7) is 0. The van der Waals surface area contributed by atoms with E-state index < -0.39 is 0 Å². The van der Waals surface area contributed by atoms with E-state index in [9.17, 15) is 0 Å². The fourth-order valence-electron chi connectivity index (χ4n) is 0.837. The molecule has 0 aliphatic carbocycles. The smallest absolute Gasteiger partial charge is 0.108 e. The van der Waals surface area contributed by atoms with Gasteiger partial charge in [-0.15, -0.1) is 11.6 Å². The van der Waals surface area contributed by atoms with Crippen molar-refractivity contribution < 1.29 is 0 Å². The van der Waals surface area contributed by atoms with Crippen LogP contribution in [0.1, 0.15) is 11.1 Å². The van der Waals surface area contributed by atoms with E-state index in [-0.39, 0.29) is 5.50 Å². The predicted molar refractivity (Wildman–Crippen MR) is 54.1 cm³/mol. The molecule has 1 rings (SSSR count). The van der Waals surface area contributed by atoms with Crippen molar-refractivity contribution in [1.29, 1.82) is 0 Å². The van der Waals surface area contributed by atoms with Crippen LogP contribution < -0.4 is 5.32 Å². The molecule has 0 saturated heterocycles. The Labute approximate surface area is 86.6 Å². The van der Waals surface area contributed by atoms with E-state index >= 15 is 0 Å². The summed E-state index contributed by atoms with van der Waals surface area (Å²) >= 11 is 17.4. The van der Waals surface area contributed by atoms with Gasteiger partial charge in [-0.3, -0.25) is 0 Å². The van der Waals surface area contributed by atoms with Gasteiger partial charge in [-0.25, -0.2) is 0 Å². The van der Waals surface area contributed by atoms with Crippen molar-refractivity contribution in [2.75, 3.05) is 7.05 Å². The van der Waals surface area contributed by atoms with Crippen LogP contribution >= 0.6 is 34.8 Å². The molecule has 1 aromatic rings. The monoisotopic (exact) mass is 223 g/mol. The summed E-state index contributed by atoms with van der Waals surface area (Å²) in [5.41, 5.74) is 0.688. The summed E-state index contributed by atoms with van der Waals surface area (Å²) in [6.07, 6.45) is 0. The van der Waals surface area contributed by atoms with Gasteiger partial charge in [0.2, 0.25) is 0 Å². The molecule has 0 spiro atoms. The maximum absolute atomic E-state index is 5.90. The van der Waals surface area contributed by atoms with Crippen LogP contribution in [0, 0.1) is 0 Å². The second kappa shape index (κ2) is 4.33. The maximum Gasteiger partial charge on any atom is 0.108 e. The molecule has 0 saturated carbocycles. The number of hydrogen-bond donors (Lipinski definition) is 1. The first-order chi connectivity index (χ1) is 5.65. The van der Waals surface area contributed by atoms with Gasteiger partial charge in [0.15, 0.2) is 0 Å². The molecule has 0 fully saturated rings. The lowest BCUT2D eigenvalue weighted by atomic mass is 10.2. The summed E-state index contributed by atoms with van der Waals surface area (Å²) in [6, 6.07) is 5.31. The lowest BCUT2D eigenvalue weighted by Gasteiger charge is -2.08. The number of rotatable bonds is 2. The third-order valence-corrected chi connectivity index (χ3v) is 2.70. The molecule has 1 nitrogen and oxygen atoms in total. The van der Waals surface area contributed by atoms with E-state index in [1.807, 2.05) is 6.07 Å². The topological polar surface area (TPSA) is 12.0 Å². The molecule has 4 heteroatoms. The van der Waals surface area contributed by atoms with Crippen molar-refractivity contribution in [3.05, 3.63) is 33.8 Å². The van der Waals surface area contributed by atoms with Gasteiger partial charge in [0, 0.05) is 0 Å². The highest BCUT2D eigenvalue weighted by atomic mass is 35.5. The lowest BCUT2D eigenvalue weighted by Crippen LogP contribution is -2.09. The van der Waals surface area contributed by atoms with Crippen LogP contribution in [0.2, 0.25) is 10.0 Å². The summed E-state index contributed by atoms with van der Waals surface area (Å²) in [7, 11) is 1.78. The first-order valence-corrected chi connectivity index (χ1v) is 4.60. The van der Waals surface area contributed by atoms with Crippen molar-refractivity contribution in [2.24, 2.45) is 0 Å². The summed E-state index contributed by atoms with van der Waals surface area (Å²) in [4.78, 5) is 0. The number of alkyl halides is 1. The highest BCUT2D eigenvalue weighted by Gasteiger charge is 2.06. The lowest BCUT2D eigenvalue weighted by molar-refractivity contribution is 0.784. The maximum atomic E-state index is 5.90. The largest absolute Gasteiger partial charge is 0.301 e. The Bertz CT molecular complexity index is 275. The highest BCUT2D eigenvalue weighted by Crippen LogP contribution is 2.26. The van der Waals surface area contributed by atoms with Crippen LogP contribution in [0.25, 0.3) is 0 Å². The van der Waals surface area contributed by atoms with E-state index in [0.717, 1.165) is 5.56 Å². The van der Waals surface area contributed by atoms with Gasteiger partial charge in [-0.05, 0) is 24.7 Å². The Kier molecular flexibility index (Phi) is 3.66. The summed E-state index contributed by atoms with van der Waals surface area (Å²) in [5.74, 6) is 0. The number of benzene rings is 1. The van der Waals surface area contributed by atoms with Gasteiger partial charge in [0.05, 0.1) is 10.0 Å². The summed E-state index contributed by atoms with van der Waals surface area (Å²) < 4.78 is 0. The second-order valence-electron chi connectivity index (χ2n) is 2.32. The average molecular weight is 225 g/mol. The van der Waals surface area contributed by atoms with Gasteiger partial charge < -0.3 is 5.32 Å². The number of nitrogens with one attached hydrogen (secondary N) is 1. The molecule has 1 unspecified atom stereocenters. The van der Waals surface area contributed by atoms with Crippen LogP contribution in [0.15, 0.2) is 18.2 Å². The third-order valence-electron chi connectivity index (χ3n) is 1.49. The van der Waals surface area contributed by atoms with Gasteiger partial charge in [-0.2, -0.15) is 0 Å². The molecular weight excluding hydrogens is 216 g/mol. The zero-order chi connectivity index (χ0) is 9.14. The second-order valence-corrected chi connectivity index (χ2v) is 3.58. The zero-order valence-corrected chi connectivity index (χ0v) is 8.71. The van der Waals surface area contributed by atoms with Crippen molar-refractivity contribution in [3.63, 3.8) is 0 Å². The molecule has 0 aromatic heterocycles. The molecular formula is C8H8Cl3N. The minimum atomic E-state index is -0.222. The van der Waals surface area contributed by atoms with Crippen molar-refractivity contribution in [1.82, 2.24) is 5.32 Å². The fraction of sp³-hybridized carbons (Fsp3) is 0.250. The SMILES string of the molecule is CNC(Cl)c1ccc(Cl)c(Cl)c1. The van der Waals surface area contributed by atoms with Gasteiger partial charge in [0.25, 0.3) is 0 Å². The Morgan fingerprint density at radius 3 is 2.42 bits per heavy atom. The van der Waals surface area contributed by atoms with E-state index in [4.69, 9.17) is 34.8 Å². The molecule has 0 amide bonds. The van der Waals surface area contributed by atoms with Crippen LogP contribution in [0.3, 0.4) is 0 Å². The van der Waals surface area contributed by atoms with E-state index in [1.165, 1.54) is 0 Å². The molecule has 1 N–H and O–H groups in total. The number of hydrogen-bond acceptors (Lipinski definition) is 1.